The molecule has 20 heavy (non-hydrogen) atoms. The molecule has 0 fully saturated rings. The number of anilines is 1. The maximum absolute atomic E-state index is 11.3. The lowest BCUT2D eigenvalue weighted by Gasteiger charge is -2.11. The molecule has 0 aliphatic carbocycles. The summed E-state index contributed by atoms with van der Waals surface area (Å²) in [4.78, 5) is 22.1. The molecule has 2 atom stereocenters. The van der Waals surface area contributed by atoms with Crippen molar-refractivity contribution in [3.8, 4) is 11.8 Å². The van der Waals surface area contributed by atoms with Crippen LogP contribution < -0.4 is 5.32 Å². The van der Waals surface area contributed by atoms with Gasteiger partial charge in [0.2, 0.25) is 0 Å². The molecule has 2 unspecified atom stereocenters. The number of rotatable bonds is 5. The molecule has 0 aromatic heterocycles. The van der Waals surface area contributed by atoms with Gasteiger partial charge in [0.1, 0.15) is 6.10 Å². The maximum Gasteiger partial charge on any atom is 0.304 e. The van der Waals surface area contributed by atoms with Crippen LogP contribution in [0.1, 0.15) is 31.7 Å². The second kappa shape index (κ2) is 7.31. The lowest BCUT2D eigenvalue weighted by atomic mass is 9.96. The van der Waals surface area contributed by atoms with E-state index in [2.05, 4.69) is 17.2 Å². The number of nitrogens with one attached hydrogen (secondary N) is 1. The molecule has 1 aromatic carbocycles. The van der Waals surface area contributed by atoms with Gasteiger partial charge in [-0.25, -0.2) is 0 Å². The third-order valence-electron chi connectivity index (χ3n) is 2.66. The van der Waals surface area contributed by atoms with Crippen LogP contribution in [-0.2, 0) is 9.59 Å². The van der Waals surface area contributed by atoms with Gasteiger partial charge in [0.15, 0.2) is 0 Å². The molecule has 106 valence electrons. The van der Waals surface area contributed by atoms with Gasteiger partial charge >= 0.3 is 5.97 Å². The number of carboxylic acid groups (broad SMARTS) is 1. The Morgan fingerprint density at radius 1 is 1.30 bits per heavy atom. The molecule has 3 N–H and O–H groups in total. The fourth-order valence-electron chi connectivity index (χ4n) is 1.65. The first-order valence-corrected chi connectivity index (χ1v) is 6.17. The number of aliphatic carboxylic acids is 1. The lowest BCUT2D eigenvalue weighted by Crippen LogP contribution is -2.24. The van der Waals surface area contributed by atoms with Crippen LogP contribution in [0.5, 0.6) is 0 Å². The highest BCUT2D eigenvalue weighted by atomic mass is 16.4. The summed E-state index contributed by atoms with van der Waals surface area (Å²) in [5.41, 5.74) is 1.31. The van der Waals surface area contributed by atoms with E-state index in [0.29, 0.717) is 5.69 Å². The van der Waals surface area contributed by atoms with Gasteiger partial charge in [0.25, 0.3) is 5.91 Å². The van der Waals surface area contributed by atoms with E-state index in [-0.39, 0.29) is 12.3 Å². The SMILES string of the molecule is CC#CC(CC(=O)O)c1ccc(NC(=O)C(C)O)cc1. The summed E-state index contributed by atoms with van der Waals surface area (Å²) in [5, 5.41) is 20.5. The van der Waals surface area contributed by atoms with Crippen molar-refractivity contribution < 1.29 is 19.8 Å². The largest absolute Gasteiger partial charge is 0.481 e. The Bertz CT molecular complexity index is 537. The van der Waals surface area contributed by atoms with Gasteiger partial charge < -0.3 is 15.5 Å². The van der Waals surface area contributed by atoms with E-state index >= 15 is 0 Å². The number of amides is 1. The Kier molecular flexibility index (Phi) is 5.75. The summed E-state index contributed by atoms with van der Waals surface area (Å²) in [5.74, 6) is 3.79. The number of aliphatic hydroxyl groups excluding tert-OH is 1. The van der Waals surface area contributed by atoms with Crippen molar-refractivity contribution in [2.75, 3.05) is 5.32 Å². The molecule has 1 amide bonds. The van der Waals surface area contributed by atoms with Crippen LogP contribution in [-0.4, -0.2) is 28.2 Å². The third kappa shape index (κ3) is 4.75. The summed E-state index contributed by atoms with van der Waals surface area (Å²) < 4.78 is 0. The fraction of sp³-hybridized carbons (Fsp3) is 0.333. The minimum absolute atomic E-state index is 0.0692. The van der Waals surface area contributed by atoms with Crippen molar-refractivity contribution in [1.29, 1.82) is 0 Å². The van der Waals surface area contributed by atoms with E-state index in [1.807, 2.05) is 0 Å². The van der Waals surface area contributed by atoms with Crippen molar-refractivity contribution in [3.05, 3.63) is 29.8 Å². The number of hydrogen-bond acceptors (Lipinski definition) is 3. The lowest BCUT2D eigenvalue weighted by molar-refractivity contribution is -0.137. The van der Waals surface area contributed by atoms with Crippen LogP contribution in [0.25, 0.3) is 0 Å². The zero-order valence-electron chi connectivity index (χ0n) is 11.4. The van der Waals surface area contributed by atoms with E-state index in [0.717, 1.165) is 5.56 Å². The summed E-state index contributed by atoms with van der Waals surface area (Å²) in [6.45, 7) is 3.04. The topological polar surface area (TPSA) is 86.6 Å². The third-order valence-corrected chi connectivity index (χ3v) is 2.66. The van der Waals surface area contributed by atoms with Gasteiger partial charge in [-0.2, -0.15) is 0 Å². The Labute approximate surface area is 117 Å². The van der Waals surface area contributed by atoms with Crippen molar-refractivity contribution in [1.82, 2.24) is 0 Å². The van der Waals surface area contributed by atoms with Crippen LogP contribution in [0.15, 0.2) is 24.3 Å². The molecule has 0 aliphatic rings. The van der Waals surface area contributed by atoms with Crippen LogP contribution in [0.2, 0.25) is 0 Å². The predicted molar refractivity (Wildman–Crippen MR) is 75.2 cm³/mol. The second-order valence-corrected chi connectivity index (χ2v) is 4.33. The van der Waals surface area contributed by atoms with Crippen LogP contribution in [0, 0.1) is 11.8 Å². The highest BCUT2D eigenvalue weighted by Crippen LogP contribution is 2.21. The molecule has 0 spiro atoms. The molecule has 0 bridgehead atoms. The van der Waals surface area contributed by atoms with E-state index in [1.165, 1.54) is 6.92 Å². The number of carboxylic acids is 1. The molecule has 1 aromatic rings. The van der Waals surface area contributed by atoms with Crippen LogP contribution in [0.4, 0.5) is 5.69 Å². The molecule has 0 radical (unpaired) electrons. The van der Waals surface area contributed by atoms with Gasteiger partial charge in [0, 0.05) is 5.69 Å². The Morgan fingerprint density at radius 2 is 1.90 bits per heavy atom. The van der Waals surface area contributed by atoms with Crippen molar-refractivity contribution in [2.24, 2.45) is 0 Å². The fourth-order valence-corrected chi connectivity index (χ4v) is 1.65. The van der Waals surface area contributed by atoms with Crippen molar-refractivity contribution in [2.45, 2.75) is 32.3 Å². The molecule has 0 saturated heterocycles. The van der Waals surface area contributed by atoms with E-state index in [1.54, 1.807) is 31.2 Å². The summed E-state index contributed by atoms with van der Waals surface area (Å²) in [6, 6.07) is 6.74. The first-order valence-electron chi connectivity index (χ1n) is 6.17. The number of aliphatic hydroxyl groups is 1. The molecule has 0 aliphatic heterocycles. The number of benzene rings is 1. The van der Waals surface area contributed by atoms with Gasteiger partial charge in [-0.05, 0) is 31.5 Å². The van der Waals surface area contributed by atoms with Crippen LogP contribution >= 0.6 is 0 Å². The van der Waals surface area contributed by atoms with Crippen molar-refractivity contribution >= 4 is 17.6 Å². The Balaban J connectivity index is 2.84. The number of carbonyl (C=O) groups excluding carboxylic acids is 1. The smallest absolute Gasteiger partial charge is 0.304 e. The highest BCUT2D eigenvalue weighted by Gasteiger charge is 2.13. The van der Waals surface area contributed by atoms with Gasteiger partial charge in [-0.3, -0.25) is 9.59 Å². The molecule has 0 saturated carbocycles. The maximum atomic E-state index is 11.3. The first kappa shape index (κ1) is 15.7. The Morgan fingerprint density at radius 3 is 2.35 bits per heavy atom. The molecule has 0 heterocycles. The highest BCUT2D eigenvalue weighted by molar-refractivity contribution is 5.93. The number of carbonyl (C=O) groups is 2. The Hall–Kier alpha value is -2.32. The van der Waals surface area contributed by atoms with E-state index < -0.39 is 18.0 Å². The average Bonchev–Trinajstić information content (AvgIpc) is 2.38. The van der Waals surface area contributed by atoms with Gasteiger partial charge in [-0.1, -0.05) is 18.1 Å². The zero-order chi connectivity index (χ0) is 15.1. The molecular formula is C15H17NO4. The summed E-state index contributed by atoms with van der Waals surface area (Å²) in [6.07, 6.45) is -1.15. The monoisotopic (exact) mass is 275 g/mol. The predicted octanol–water partition coefficient (Wildman–Crippen LogP) is 1.59. The van der Waals surface area contributed by atoms with Crippen LogP contribution in [0.3, 0.4) is 0 Å². The summed E-state index contributed by atoms with van der Waals surface area (Å²) >= 11 is 0. The van der Waals surface area contributed by atoms with E-state index in [9.17, 15) is 9.59 Å². The van der Waals surface area contributed by atoms with Gasteiger partial charge in [-0.15, -0.1) is 5.92 Å². The standard InChI is InChI=1S/C15H17NO4/c1-3-4-12(9-14(18)19)11-5-7-13(8-6-11)16-15(20)10(2)17/h5-8,10,12,17H,9H2,1-2H3,(H,16,20)(H,18,19). The second-order valence-electron chi connectivity index (χ2n) is 4.33. The summed E-state index contributed by atoms with van der Waals surface area (Å²) in [7, 11) is 0. The zero-order valence-corrected chi connectivity index (χ0v) is 11.4. The quantitative estimate of drug-likeness (QED) is 0.712. The molecular weight excluding hydrogens is 258 g/mol. The van der Waals surface area contributed by atoms with Gasteiger partial charge in [0.05, 0.1) is 12.3 Å². The van der Waals surface area contributed by atoms with Crippen molar-refractivity contribution in [3.63, 3.8) is 0 Å². The average molecular weight is 275 g/mol. The molecule has 5 nitrogen and oxygen atoms in total. The minimum Gasteiger partial charge on any atom is -0.481 e. The number of hydrogen-bond donors (Lipinski definition) is 3. The minimum atomic E-state index is -1.08. The first-order chi connectivity index (χ1) is 9.43. The van der Waals surface area contributed by atoms with E-state index in [4.69, 9.17) is 10.2 Å². The normalized spacial score (nSPS) is 12.8. The molecule has 1 rings (SSSR count). The molecule has 5 heteroatoms.